The monoisotopic (exact) mass is 809 g/mol. The molecule has 2 fully saturated rings. The third kappa shape index (κ3) is 117. The summed E-state index contributed by atoms with van der Waals surface area (Å²) < 4.78 is 0. The van der Waals surface area contributed by atoms with Crippen molar-refractivity contribution in [3.05, 3.63) is 71.8 Å². The van der Waals surface area contributed by atoms with E-state index in [4.69, 9.17) is 0 Å². The molecule has 4 rings (SSSR count). The molecule has 0 N–H and O–H groups in total. The SMILES string of the molecule is C.C.C.C.C.C.C.C.C.C.C.C.C.CC.CC.CC1CCCCC1.CCC.CCC.CCC.CCC1CCCCC1.CCc1ccccc1.Cc1ccccc1. The number of hydrogen-bond donors (Lipinski definition) is 0. The van der Waals surface area contributed by atoms with Crippen molar-refractivity contribution < 1.29 is 0 Å². The van der Waals surface area contributed by atoms with Crippen molar-refractivity contribution in [1.29, 1.82) is 0 Å². The molecule has 0 nitrogen and oxygen atoms in total. The lowest BCUT2D eigenvalue weighted by Gasteiger charge is -2.18. The molecular weight excluding hydrogens is 673 g/mol. The van der Waals surface area contributed by atoms with E-state index in [0.29, 0.717) is 0 Å². The number of aryl methyl sites for hydroxylation is 2. The van der Waals surface area contributed by atoms with Gasteiger partial charge in [-0.25, -0.2) is 0 Å². The predicted molar refractivity (Wildman–Crippen MR) is 294 cm³/mol. The summed E-state index contributed by atoms with van der Waals surface area (Å²) >= 11 is 0. The Kier molecular flexibility index (Phi) is 245. The van der Waals surface area contributed by atoms with E-state index in [1.165, 1.54) is 101 Å². The summed E-state index contributed by atoms with van der Waals surface area (Å²) in [5, 5.41) is 0. The minimum Gasteiger partial charge on any atom is -0.0776 e. The first kappa shape index (κ1) is 117. The highest BCUT2D eigenvalue weighted by molar-refractivity contribution is 5.14. The molecule has 0 heterocycles. The average Bonchev–Trinajstić information content (AvgIpc) is 3.06. The van der Waals surface area contributed by atoms with Gasteiger partial charge < -0.3 is 0 Å². The maximum absolute atomic E-state index is 2.36. The molecule has 0 radical (unpaired) electrons. The first-order chi connectivity index (χ1) is 20.9. The third-order valence-corrected chi connectivity index (χ3v) is 6.39. The van der Waals surface area contributed by atoms with Gasteiger partial charge in [0.05, 0.1) is 0 Å². The highest BCUT2D eigenvalue weighted by Gasteiger charge is 2.09. The van der Waals surface area contributed by atoms with Gasteiger partial charge in [0.2, 0.25) is 0 Å². The van der Waals surface area contributed by atoms with Crippen molar-refractivity contribution in [1.82, 2.24) is 0 Å². The summed E-state index contributed by atoms with van der Waals surface area (Å²) in [6.45, 7) is 29.7. The minimum absolute atomic E-state index is 0. The average molecular weight is 810 g/mol. The van der Waals surface area contributed by atoms with Crippen molar-refractivity contribution >= 4 is 0 Å². The Morgan fingerprint density at radius 1 is 0.393 bits per heavy atom. The number of rotatable bonds is 2. The fourth-order valence-electron chi connectivity index (χ4n) is 4.15. The van der Waals surface area contributed by atoms with Crippen LogP contribution in [0.15, 0.2) is 60.7 Å². The topological polar surface area (TPSA) is 0 Å². The fourth-order valence-corrected chi connectivity index (χ4v) is 4.15. The second kappa shape index (κ2) is 117. The molecule has 2 aliphatic carbocycles. The summed E-state index contributed by atoms with van der Waals surface area (Å²) in [5.41, 5.74) is 2.73. The molecule has 0 unspecified atom stereocenters. The van der Waals surface area contributed by atoms with Crippen molar-refractivity contribution in [3.63, 3.8) is 0 Å². The molecule has 2 aromatic rings. The molecule has 0 atom stereocenters. The zero-order valence-electron chi connectivity index (χ0n) is 32.5. The Labute approximate surface area is 372 Å². The number of hydrogen-bond acceptors (Lipinski definition) is 0. The normalized spacial score (nSPS) is 10.1. The van der Waals surface area contributed by atoms with Crippen LogP contribution in [0.5, 0.6) is 0 Å². The molecule has 0 heteroatoms. The van der Waals surface area contributed by atoms with Gasteiger partial charge in [-0.1, -0.05) is 343 Å². The standard InChI is InChI=1S/C8H16.C8H10.C7H14.C7H8.3C3H8.2C2H6.13CH4/c2*1-2-8-6-4-3-5-7-8;2*1-7-5-3-2-4-6-7;3*1-3-2;2*1-2;;;;;;;;;;;;;/h8H,2-7H2,1H3;3-7H,2H2,1H3;7H,2-6H2,1H3;2-6H,1H3;3*3H2,1-2H3;2*1-2H3;13*1H4. The lowest BCUT2D eigenvalue weighted by Crippen LogP contribution is -2.03. The number of benzene rings is 2. The van der Waals surface area contributed by atoms with Gasteiger partial charge in [-0.15, -0.1) is 0 Å². The maximum Gasteiger partial charge on any atom is -0.0307 e. The third-order valence-electron chi connectivity index (χ3n) is 6.39. The molecule has 0 spiro atoms. The Bertz CT molecular complexity index is 613. The summed E-state index contributed by atoms with van der Waals surface area (Å²) in [7, 11) is 0. The van der Waals surface area contributed by atoms with Crippen molar-refractivity contribution in [2.75, 3.05) is 0 Å². The highest BCUT2D eigenvalue weighted by Crippen LogP contribution is 2.25. The smallest absolute Gasteiger partial charge is 0.0307 e. The quantitative estimate of drug-likeness (QED) is 0.283. The van der Waals surface area contributed by atoms with Crippen LogP contribution in [0.4, 0.5) is 0 Å². The Morgan fingerprint density at radius 2 is 0.643 bits per heavy atom. The van der Waals surface area contributed by atoms with Crippen molar-refractivity contribution in [3.8, 4) is 0 Å². The fraction of sp³-hybridized carbons (Fsp3) is 0.786. The lowest BCUT2D eigenvalue weighted by molar-refractivity contribution is 0.349. The van der Waals surface area contributed by atoms with E-state index >= 15 is 0 Å². The van der Waals surface area contributed by atoms with E-state index in [2.05, 4.69) is 106 Å². The zero-order valence-corrected chi connectivity index (χ0v) is 32.5. The molecule has 2 saturated carbocycles. The van der Waals surface area contributed by atoms with E-state index < -0.39 is 0 Å². The van der Waals surface area contributed by atoms with Crippen LogP contribution in [0.25, 0.3) is 0 Å². The highest BCUT2D eigenvalue weighted by atomic mass is 14.2. The summed E-state index contributed by atoms with van der Waals surface area (Å²) in [6, 6.07) is 20.7. The van der Waals surface area contributed by atoms with Gasteiger partial charge in [0.25, 0.3) is 0 Å². The van der Waals surface area contributed by atoms with E-state index in [1.54, 1.807) is 0 Å². The Morgan fingerprint density at radius 3 is 0.786 bits per heavy atom. The van der Waals surface area contributed by atoms with E-state index in [-0.39, 0.29) is 96.5 Å². The second-order valence-corrected chi connectivity index (χ2v) is 11.3. The largest absolute Gasteiger partial charge is 0.0776 e. The summed E-state index contributed by atoms with van der Waals surface area (Å²) in [5.74, 6) is 2.12. The molecular formula is C56H136. The van der Waals surface area contributed by atoms with Crippen LogP contribution >= 0.6 is 0 Å². The molecule has 360 valence electrons. The molecule has 56 heavy (non-hydrogen) atoms. The Balaban J connectivity index is -0.0000000183. The lowest BCUT2D eigenvalue weighted by atomic mass is 9.88. The van der Waals surface area contributed by atoms with Crippen LogP contribution in [0.1, 0.15) is 288 Å². The van der Waals surface area contributed by atoms with Gasteiger partial charge in [0, 0.05) is 0 Å². The van der Waals surface area contributed by atoms with E-state index in [9.17, 15) is 0 Å². The van der Waals surface area contributed by atoms with Gasteiger partial charge in [-0.05, 0) is 30.7 Å². The predicted octanol–water partition coefficient (Wildman–Crippen LogP) is 24.4. The second-order valence-electron chi connectivity index (χ2n) is 11.3. The first-order valence-corrected chi connectivity index (χ1v) is 19.0. The molecule has 0 saturated heterocycles. The van der Waals surface area contributed by atoms with Gasteiger partial charge in [0.15, 0.2) is 0 Å². The van der Waals surface area contributed by atoms with Gasteiger partial charge in [-0.2, -0.15) is 0 Å². The molecule has 0 aromatic heterocycles. The molecule has 2 aromatic carbocycles. The van der Waals surface area contributed by atoms with Crippen molar-refractivity contribution in [2.24, 2.45) is 11.8 Å². The van der Waals surface area contributed by atoms with Crippen LogP contribution < -0.4 is 0 Å². The molecule has 0 amide bonds. The van der Waals surface area contributed by atoms with Crippen LogP contribution in [-0.2, 0) is 6.42 Å². The van der Waals surface area contributed by atoms with Gasteiger partial charge in [-0.3, -0.25) is 0 Å². The van der Waals surface area contributed by atoms with Crippen LogP contribution in [0, 0.1) is 18.8 Å². The van der Waals surface area contributed by atoms with E-state index in [1.807, 2.05) is 52.0 Å². The maximum atomic E-state index is 2.36. The molecule has 0 aliphatic heterocycles. The minimum atomic E-state index is 0. The first-order valence-electron chi connectivity index (χ1n) is 19.0. The van der Waals surface area contributed by atoms with E-state index in [0.717, 1.165) is 18.3 Å². The summed E-state index contributed by atoms with van der Waals surface area (Å²) in [4.78, 5) is 0. The van der Waals surface area contributed by atoms with Gasteiger partial charge >= 0.3 is 0 Å². The van der Waals surface area contributed by atoms with Crippen LogP contribution in [-0.4, -0.2) is 0 Å². The van der Waals surface area contributed by atoms with Crippen LogP contribution in [0.2, 0.25) is 0 Å². The Hall–Kier alpha value is -1.56. The zero-order chi connectivity index (χ0) is 34.0. The van der Waals surface area contributed by atoms with Crippen LogP contribution in [0.3, 0.4) is 0 Å². The van der Waals surface area contributed by atoms with Gasteiger partial charge in [0.1, 0.15) is 0 Å². The molecule has 2 aliphatic rings. The molecule has 0 bridgehead atoms. The summed E-state index contributed by atoms with van der Waals surface area (Å²) in [6.07, 6.45) is 21.3. The van der Waals surface area contributed by atoms with Crippen molar-refractivity contribution in [2.45, 2.75) is 290 Å².